The molecule has 0 aliphatic carbocycles. The van der Waals surface area contributed by atoms with Crippen molar-refractivity contribution in [2.24, 2.45) is 0 Å². The van der Waals surface area contributed by atoms with Crippen molar-refractivity contribution in [3.8, 4) is 6.07 Å². The van der Waals surface area contributed by atoms with Crippen LogP contribution >= 0.6 is 11.6 Å². The van der Waals surface area contributed by atoms with Crippen molar-refractivity contribution >= 4 is 22.7 Å². The molecule has 3 rings (SSSR count). The predicted octanol–water partition coefficient (Wildman–Crippen LogP) is 6.15. The summed E-state index contributed by atoms with van der Waals surface area (Å²) in [6.45, 7) is 0. The first-order valence-corrected chi connectivity index (χ1v) is 8.77. The number of nitriles is 1. The molecule has 0 N–H and O–H groups in total. The Kier molecular flexibility index (Phi) is 5.67. The minimum atomic E-state index is 0.552. The maximum atomic E-state index is 9.08. The average Bonchev–Trinajstić information content (AvgIpc) is 2.69. The van der Waals surface area contributed by atoms with Crippen LogP contribution < -0.4 is 0 Å². The minimum absolute atomic E-state index is 0.552. The molecule has 0 aromatic heterocycles. The summed E-state index contributed by atoms with van der Waals surface area (Å²) >= 11 is 6.14. The molecule has 0 unspecified atom stereocenters. The predicted molar refractivity (Wildman–Crippen MR) is 105 cm³/mol. The Morgan fingerprint density at radius 1 is 0.720 bits per heavy atom. The van der Waals surface area contributed by atoms with Gasteiger partial charge in [-0.3, -0.25) is 0 Å². The molecule has 0 aliphatic heterocycles. The second-order valence-electron chi connectivity index (χ2n) is 5.71. The maximum absolute atomic E-state index is 9.08. The minimum Gasteiger partial charge on any atom is -0.192 e. The molecule has 2 heteroatoms. The molecule has 0 atom stereocenters. The molecule has 3 aromatic rings. The summed E-state index contributed by atoms with van der Waals surface area (Å²) in [7, 11) is 0. The number of benzene rings is 3. The van der Waals surface area contributed by atoms with Gasteiger partial charge in [-0.1, -0.05) is 72.8 Å². The second-order valence-corrected chi connectivity index (χ2v) is 6.09. The van der Waals surface area contributed by atoms with Crippen molar-refractivity contribution < 1.29 is 0 Å². The van der Waals surface area contributed by atoms with Crippen molar-refractivity contribution in [3.05, 3.63) is 107 Å². The van der Waals surface area contributed by atoms with E-state index in [1.165, 1.54) is 11.1 Å². The standard InChI is InChI=1S/C23H18ClN/c24-16-15-22(19-7-3-1-4-8-19)23(20-9-5-2-6-10-20)21-13-11-18(17-25)12-14-21/h1-14H,15-16H2/b23-22-. The molecule has 25 heavy (non-hydrogen) atoms. The highest BCUT2D eigenvalue weighted by Crippen LogP contribution is 2.34. The number of hydrogen-bond donors (Lipinski definition) is 0. The molecule has 0 radical (unpaired) electrons. The third-order valence-corrected chi connectivity index (χ3v) is 4.32. The first-order chi connectivity index (χ1) is 12.3. The zero-order chi connectivity index (χ0) is 17.5. The van der Waals surface area contributed by atoms with E-state index in [2.05, 4.69) is 30.3 Å². The highest BCUT2D eigenvalue weighted by atomic mass is 35.5. The summed E-state index contributed by atoms with van der Waals surface area (Å²) in [5.74, 6) is 0.552. The van der Waals surface area contributed by atoms with Crippen LogP contribution in [0.5, 0.6) is 0 Å². The van der Waals surface area contributed by atoms with Crippen LogP contribution in [0.25, 0.3) is 11.1 Å². The fraction of sp³-hybridized carbons (Fsp3) is 0.0870. The van der Waals surface area contributed by atoms with Gasteiger partial charge in [0, 0.05) is 5.88 Å². The summed E-state index contributed by atoms with van der Waals surface area (Å²) < 4.78 is 0. The highest BCUT2D eigenvalue weighted by Gasteiger charge is 2.13. The fourth-order valence-corrected chi connectivity index (χ4v) is 3.17. The van der Waals surface area contributed by atoms with Gasteiger partial charge in [0.05, 0.1) is 11.6 Å². The van der Waals surface area contributed by atoms with E-state index in [0.717, 1.165) is 23.1 Å². The molecule has 0 spiro atoms. The lowest BCUT2D eigenvalue weighted by Gasteiger charge is -2.17. The number of allylic oxidation sites excluding steroid dienone is 1. The van der Waals surface area contributed by atoms with E-state index < -0.39 is 0 Å². The Hall–Kier alpha value is -2.82. The summed E-state index contributed by atoms with van der Waals surface area (Å²) in [5, 5.41) is 9.08. The lowest BCUT2D eigenvalue weighted by atomic mass is 9.88. The van der Waals surface area contributed by atoms with Gasteiger partial charge in [0.15, 0.2) is 0 Å². The van der Waals surface area contributed by atoms with Crippen LogP contribution in [0.15, 0.2) is 84.9 Å². The van der Waals surface area contributed by atoms with Gasteiger partial charge in [-0.25, -0.2) is 0 Å². The van der Waals surface area contributed by atoms with Crippen molar-refractivity contribution in [2.45, 2.75) is 6.42 Å². The molecule has 0 saturated carbocycles. The van der Waals surface area contributed by atoms with Gasteiger partial charge in [-0.05, 0) is 46.4 Å². The van der Waals surface area contributed by atoms with Gasteiger partial charge in [0.1, 0.15) is 0 Å². The molecule has 0 heterocycles. The average molecular weight is 344 g/mol. The quantitative estimate of drug-likeness (QED) is 0.403. The van der Waals surface area contributed by atoms with Crippen molar-refractivity contribution in [2.75, 3.05) is 5.88 Å². The van der Waals surface area contributed by atoms with Crippen molar-refractivity contribution in [1.29, 1.82) is 5.26 Å². The summed E-state index contributed by atoms with van der Waals surface area (Å²) in [4.78, 5) is 0. The number of halogens is 1. The van der Waals surface area contributed by atoms with Gasteiger partial charge in [-0.2, -0.15) is 5.26 Å². The Balaban J connectivity index is 2.26. The third kappa shape index (κ3) is 3.99. The first kappa shape index (κ1) is 17.0. The number of rotatable bonds is 5. The van der Waals surface area contributed by atoms with Crippen LogP contribution in [-0.2, 0) is 0 Å². The molecule has 0 saturated heterocycles. The van der Waals surface area contributed by atoms with E-state index in [1.54, 1.807) is 0 Å². The van der Waals surface area contributed by atoms with Crippen LogP contribution in [0, 0.1) is 11.3 Å². The largest absolute Gasteiger partial charge is 0.192 e. The molecule has 122 valence electrons. The second kappa shape index (κ2) is 8.33. The fourth-order valence-electron chi connectivity index (χ4n) is 2.98. The lowest BCUT2D eigenvalue weighted by molar-refractivity contribution is 1.25. The third-order valence-electron chi connectivity index (χ3n) is 4.13. The van der Waals surface area contributed by atoms with Gasteiger partial charge < -0.3 is 0 Å². The maximum Gasteiger partial charge on any atom is 0.0991 e. The Labute approximate surface area is 153 Å². The van der Waals surface area contributed by atoms with E-state index in [0.29, 0.717) is 11.4 Å². The molecular weight excluding hydrogens is 326 g/mol. The Morgan fingerprint density at radius 3 is 1.76 bits per heavy atom. The molecule has 0 aliphatic rings. The zero-order valence-corrected chi connectivity index (χ0v) is 14.6. The molecule has 0 amide bonds. The van der Waals surface area contributed by atoms with E-state index in [4.69, 9.17) is 16.9 Å². The topological polar surface area (TPSA) is 23.8 Å². The smallest absolute Gasteiger partial charge is 0.0991 e. The van der Waals surface area contributed by atoms with Crippen LogP contribution in [0.4, 0.5) is 0 Å². The first-order valence-electron chi connectivity index (χ1n) is 8.24. The van der Waals surface area contributed by atoms with E-state index in [9.17, 15) is 0 Å². The van der Waals surface area contributed by atoms with Gasteiger partial charge in [0.2, 0.25) is 0 Å². The zero-order valence-electron chi connectivity index (χ0n) is 13.8. The van der Waals surface area contributed by atoms with Crippen molar-refractivity contribution in [1.82, 2.24) is 0 Å². The van der Waals surface area contributed by atoms with E-state index in [-0.39, 0.29) is 0 Å². The normalized spacial score (nSPS) is 11.5. The van der Waals surface area contributed by atoms with Crippen LogP contribution in [0.3, 0.4) is 0 Å². The summed E-state index contributed by atoms with van der Waals surface area (Å²) in [6.07, 6.45) is 0.774. The molecule has 0 fully saturated rings. The molecular formula is C23H18ClN. The monoisotopic (exact) mass is 343 g/mol. The molecule has 0 bridgehead atoms. The summed E-state index contributed by atoms with van der Waals surface area (Å²) in [6, 6.07) is 30.6. The van der Waals surface area contributed by atoms with Crippen LogP contribution in [-0.4, -0.2) is 5.88 Å². The number of hydrogen-bond acceptors (Lipinski definition) is 1. The van der Waals surface area contributed by atoms with Gasteiger partial charge in [0.25, 0.3) is 0 Å². The lowest BCUT2D eigenvalue weighted by Crippen LogP contribution is -1.96. The number of alkyl halides is 1. The summed E-state index contributed by atoms with van der Waals surface area (Å²) in [5.41, 5.74) is 6.45. The Bertz CT molecular complexity index is 888. The van der Waals surface area contributed by atoms with Gasteiger partial charge >= 0.3 is 0 Å². The van der Waals surface area contributed by atoms with Gasteiger partial charge in [-0.15, -0.1) is 11.6 Å². The van der Waals surface area contributed by atoms with E-state index in [1.807, 2.05) is 60.7 Å². The molecule has 3 aromatic carbocycles. The van der Waals surface area contributed by atoms with Crippen LogP contribution in [0.2, 0.25) is 0 Å². The number of nitrogens with zero attached hydrogens (tertiary/aromatic N) is 1. The highest BCUT2D eigenvalue weighted by molar-refractivity contribution is 6.18. The SMILES string of the molecule is N#Cc1ccc(/C(=C(/CCCl)c2ccccc2)c2ccccc2)cc1. The van der Waals surface area contributed by atoms with Crippen molar-refractivity contribution in [3.63, 3.8) is 0 Å². The molecule has 1 nitrogen and oxygen atoms in total. The Morgan fingerprint density at radius 2 is 1.24 bits per heavy atom. The van der Waals surface area contributed by atoms with Crippen LogP contribution in [0.1, 0.15) is 28.7 Å². The van der Waals surface area contributed by atoms with E-state index >= 15 is 0 Å².